The van der Waals surface area contributed by atoms with Crippen molar-refractivity contribution in [3.8, 4) is 0 Å². The van der Waals surface area contributed by atoms with Gasteiger partial charge in [0.2, 0.25) is 0 Å². The Kier molecular flexibility index (Phi) is 6.51. The molecule has 7 heteroatoms. The van der Waals surface area contributed by atoms with Gasteiger partial charge in [0.1, 0.15) is 5.76 Å². The molecule has 5 aliphatic heterocycles. The van der Waals surface area contributed by atoms with E-state index in [1.165, 1.54) is 11.1 Å². The summed E-state index contributed by atoms with van der Waals surface area (Å²) in [4.78, 5) is 26.9. The number of aliphatic hydroxyl groups excluding tert-OH is 1. The maximum absolute atomic E-state index is 11.6. The maximum Gasteiger partial charge on any atom is 0.303 e. The fraction of sp³-hybridized carbons (Fsp3) is 0.412. The Bertz CT molecular complexity index is 1660. The van der Waals surface area contributed by atoms with Gasteiger partial charge in [-0.2, -0.15) is 0 Å². The lowest BCUT2D eigenvalue weighted by Gasteiger charge is -2.17. The second kappa shape index (κ2) is 9.82. The van der Waals surface area contributed by atoms with Crippen LogP contribution in [-0.4, -0.2) is 33.3 Å². The molecule has 212 valence electrons. The zero-order chi connectivity index (χ0) is 29.3. The van der Waals surface area contributed by atoms with Gasteiger partial charge in [0, 0.05) is 47.2 Å². The largest absolute Gasteiger partial charge is 0.511 e. The van der Waals surface area contributed by atoms with Gasteiger partial charge in [-0.1, -0.05) is 27.7 Å². The highest BCUT2D eigenvalue weighted by Gasteiger charge is 2.41. The monoisotopic (exact) mass is 550 g/mol. The molecule has 0 aromatic rings. The van der Waals surface area contributed by atoms with Crippen molar-refractivity contribution in [2.45, 2.75) is 74.1 Å². The van der Waals surface area contributed by atoms with Crippen LogP contribution >= 0.6 is 0 Å². The molecule has 6 rings (SSSR count). The predicted molar refractivity (Wildman–Crippen MR) is 164 cm³/mol. The summed E-state index contributed by atoms with van der Waals surface area (Å²) in [5.74, 6) is -0.190. The molecule has 3 N–H and O–H groups in total. The number of nitrogens with zero attached hydrogens (tertiary/aromatic N) is 3. The molecule has 2 unspecified atom stereocenters. The van der Waals surface area contributed by atoms with E-state index in [-0.39, 0.29) is 24.2 Å². The van der Waals surface area contributed by atoms with E-state index in [4.69, 9.17) is 15.0 Å². The molecule has 5 heterocycles. The summed E-state index contributed by atoms with van der Waals surface area (Å²) in [6.45, 7) is 15.0. The van der Waals surface area contributed by atoms with Crippen molar-refractivity contribution >= 4 is 23.1 Å². The average Bonchev–Trinajstić information content (AvgIpc) is 3.65. The molecular weight excluding hydrogens is 512 g/mol. The topological polar surface area (TPSA) is 107 Å². The lowest BCUT2D eigenvalue weighted by molar-refractivity contribution is -0.137. The first-order valence-electron chi connectivity index (χ1n) is 14.7. The Hall–Kier alpha value is -4.00. The van der Waals surface area contributed by atoms with Crippen LogP contribution < -0.4 is 5.32 Å². The minimum atomic E-state index is -0.809. The first-order valence-corrected chi connectivity index (χ1v) is 14.7. The molecule has 6 aliphatic rings. The van der Waals surface area contributed by atoms with Crippen molar-refractivity contribution in [2.24, 2.45) is 32.7 Å². The van der Waals surface area contributed by atoms with Gasteiger partial charge in [-0.15, -0.1) is 0 Å². The number of nitrogens with one attached hydrogen (secondary N) is 1. The molecule has 0 spiro atoms. The molecule has 7 nitrogen and oxygen atoms in total. The number of fused-ring (bicyclic) bond motifs is 5. The molecule has 0 aromatic heterocycles. The third kappa shape index (κ3) is 4.25. The number of aliphatic imine (C=N–C) groups is 3. The SMILES string of the molecule is CCC1=C(C)C2=NC1=CC1=C(C)C3=C(O)CC(=C4NC(=CC5=NC(=C2)C(C(C)C)=C5C)C(C)C4CCC(=O)O)C3=N1. The third-order valence-electron chi connectivity index (χ3n) is 9.35. The van der Waals surface area contributed by atoms with Crippen molar-refractivity contribution < 1.29 is 15.0 Å². The van der Waals surface area contributed by atoms with Crippen LogP contribution in [0.25, 0.3) is 0 Å². The molecule has 0 saturated carbocycles. The van der Waals surface area contributed by atoms with Crippen molar-refractivity contribution in [2.75, 3.05) is 0 Å². The average molecular weight is 551 g/mol. The Morgan fingerprint density at radius 2 is 1.73 bits per heavy atom. The maximum atomic E-state index is 11.6. The number of carbonyl (C=O) groups is 1. The van der Waals surface area contributed by atoms with Gasteiger partial charge in [0.15, 0.2) is 0 Å². The van der Waals surface area contributed by atoms with Crippen LogP contribution in [0.2, 0.25) is 0 Å². The van der Waals surface area contributed by atoms with E-state index in [0.717, 1.165) is 79.9 Å². The van der Waals surface area contributed by atoms with E-state index >= 15 is 0 Å². The van der Waals surface area contributed by atoms with Crippen molar-refractivity contribution in [3.05, 3.63) is 91.5 Å². The number of carboxylic acid groups (broad SMARTS) is 1. The second-order valence-electron chi connectivity index (χ2n) is 12.1. The third-order valence-corrected chi connectivity index (χ3v) is 9.35. The van der Waals surface area contributed by atoms with Crippen molar-refractivity contribution in [1.29, 1.82) is 0 Å². The molecule has 2 atom stereocenters. The first-order chi connectivity index (χ1) is 19.5. The van der Waals surface area contributed by atoms with E-state index in [1.807, 2.05) is 6.92 Å². The standard InChI is InChI=1S/C34H38N4O3/c1-8-20-16(4)23-14-28-31(15(2)3)18(6)25(36-28)12-24-17(5)21(9-10-30(40)41)33(37-24)22-11-29(39)32-19(7)26(38-34(22)32)13-27(20)35-23/h12-15,17,21,37,39H,8-11H2,1-7H3,(H,40,41). The van der Waals surface area contributed by atoms with Crippen LogP contribution in [0.1, 0.15) is 74.1 Å². The Balaban J connectivity index is 1.62. The number of carboxylic acids is 1. The first kappa shape index (κ1) is 27.2. The number of aliphatic hydroxyl groups is 1. The summed E-state index contributed by atoms with van der Waals surface area (Å²) in [6.07, 6.45) is 8.10. The highest BCUT2D eigenvalue weighted by molar-refractivity contribution is 6.21. The minimum Gasteiger partial charge on any atom is -0.511 e. The summed E-state index contributed by atoms with van der Waals surface area (Å²) < 4.78 is 0. The van der Waals surface area contributed by atoms with Gasteiger partial charge in [-0.25, -0.2) is 15.0 Å². The zero-order valence-electron chi connectivity index (χ0n) is 24.9. The highest BCUT2D eigenvalue weighted by atomic mass is 16.4. The molecule has 1 aliphatic carbocycles. The summed E-state index contributed by atoms with van der Waals surface area (Å²) in [6, 6.07) is 0. The van der Waals surface area contributed by atoms with Gasteiger partial charge in [0.25, 0.3) is 0 Å². The van der Waals surface area contributed by atoms with E-state index in [2.05, 4.69) is 65.1 Å². The fourth-order valence-electron chi connectivity index (χ4n) is 7.13. The molecule has 0 radical (unpaired) electrons. The normalized spacial score (nSPS) is 25.3. The van der Waals surface area contributed by atoms with E-state index in [0.29, 0.717) is 18.6 Å². The van der Waals surface area contributed by atoms with Crippen LogP contribution in [0.4, 0.5) is 0 Å². The molecule has 0 amide bonds. The van der Waals surface area contributed by atoms with Crippen molar-refractivity contribution in [1.82, 2.24) is 5.32 Å². The molecule has 1 saturated heterocycles. The number of aliphatic carboxylic acids is 1. The number of hydrogen-bond donors (Lipinski definition) is 3. The zero-order valence-corrected chi connectivity index (χ0v) is 24.9. The van der Waals surface area contributed by atoms with Gasteiger partial charge in [-0.05, 0) is 85.6 Å². The van der Waals surface area contributed by atoms with E-state index in [9.17, 15) is 15.0 Å². The Morgan fingerprint density at radius 3 is 2.41 bits per heavy atom. The lowest BCUT2D eigenvalue weighted by atomic mass is 9.86. The van der Waals surface area contributed by atoms with Gasteiger partial charge >= 0.3 is 5.97 Å². The number of hydrogen-bond acceptors (Lipinski definition) is 6. The predicted octanol–water partition coefficient (Wildman–Crippen LogP) is 7.18. The number of allylic oxidation sites excluding steroid dienone is 12. The molecular formula is C34H38N4O3. The van der Waals surface area contributed by atoms with Crippen LogP contribution in [0.5, 0.6) is 0 Å². The molecule has 0 aromatic carbocycles. The molecule has 8 bridgehead atoms. The Morgan fingerprint density at radius 1 is 1.02 bits per heavy atom. The summed E-state index contributed by atoms with van der Waals surface area (Å²) in [5.41, 5.74) is 14.7. The van der Waals surface area contributed by atoms with Crippen LogP contribution in [-0.2, 0) is 4.79 Å². The van der Waals surface area contributed by atoms with Crippen LogP contribution in [0.3, 0.4) is 0 Å². The van der Waals surface area contributed by atoms with Gasteiger partial charge < -0.3 is 15.5 Å². The quantitative estimate of drug-likeness (QED) is 0.337. The lowest BCUT2D eigenvalue weighted by Crippen LogP contribution is -2.15. The van der Waals surface area contributed by atoms with Crippen LogP contribution in [0, 0.1) is 17.8 Å². The van der Waals surface area contributed by atoms with E-state index in [1.54, 1.807) is 0 Å². The summed E-state index contributed by atoms with van der Waals surface area (Å²) in [7, 11) is 0. The summed E-state index contributed by atoms with van der Waals surface area (Å²) >= 11 is 0. The smallest absolute Gasteiger partial charge is 0.303 e. The van der Waals surface area contributed by atoms with Crippen molar-refractivity contribution in [3.63, 3.8) is 0 Å². The van der Waals surface area contributed by atoms with Gasteiger partial charge in [-0.3, -0.25) is 4.79 Å². The Labute approximate surface area is 241 Å². The van der Waals surface area contributed by atoms with Crippen LogP contribution in [0.15, 0.2) is 106 Å². The second-order valence-corrected chi connectivity index (χ2v) is 12.1. The minimum absolute atomic E-state index is 0.0368. The van der Waals surface area contributed by atoms with E-state index < -0.39 is 5.97 Å². The fourth-order valence-corrected chi connectivity index (χ4v) is 7.13. The van der Waals surface area contributed by atoms with Gasteiger partial charge in [0.05, 0.1) is 34.2 Å². The number of rotatable bonds is 5. The highest BCUT2D eigenvalue weighted by Crippen LogP contribution is 2.46. The summed E-state index contributed by atoms with van der Waals surface area (Å²) in [5, 5.41) is 24.4. The molecule has 41 heavy (non-hydrogen) atoms. The molecule has 1 fully saturated rings.